The Morgan fingerprint density at radius 3 is 2.70 bits per heavy atom. The highest BCUT2D eigenvalue weighted by molar-refractivity contribution is 6.01. The normalized spacial score (nSPS) is 50.9. The van der Waals surface area contributed by atoms with Crippen LogP contribution in [0.4, 0.5) is 0 Å². The zero-order chi connectivity index (χ0) is 21.7. The highest BCUT2D eigenvalue weighted by atomic mass is 16.8. The van der Waals surface area contributed by atoms with Crippen LogP contribution in [0.15, 0.2) is 23.8 Å². The van der Waals surface area contributed by atoms with Crippen LogP contribution in [0.2, 0.25) is 0 Å². The van der Waals surface area contributed by atoms with E-state index >= 15 is 0 Å². The molecule has 6 nitrogen and oxygen atoms in total. The molecule has 6 heteroatoms. The summed E-state index contributed by atoms with van der Waals surface area (Å²) in [6, 6.07) is 0. The molecule has 8 atom stereocenters. The van der Waals surface area contributed by atoms with Crippen molar-refractivity contribution in [2.75, 3.05) is 6.61 Å². The lowest BCUT2D eigenvalue weighted by Crippen LogP contribution is -2.63. The van der Waals surface area contributed by atoms with Gasteiger partial charge in [-0.05, 0) is 63.5 Å². The predicted molar refractivity (Wildman–Crippen MR) is 108 cm³/mol. The Morgan fingerprint density at radius 1 is 1.27 bits per heavy atom. The zero-order valence-corrected chi connectivity index (χ0v) is 18.2. The third-order valence-corrected chi connectivity index (χ3v) is 9.05. The van der Waals surface area contributed by atoms with Crippen molar-refractivity contribution in [2.45, 2.75) is 77.0 Å². The van der Waals surface area contributed by atoms with E-state index in [9.17, 15) is 19.8 Å². The minimum atomic E-state index is -1.24. The average Bonchev–Trinajstić information content (AvgIpc) is 3.07. The van der Waals surface area contributed by atoms with Crippen molar-refractivity contribution in [1.29, 1.82) is 0 Å². The second-order valence-corrected chi connectivity index (χ2v) is 10.9. The molecule has 1 aliphatic heterocycles. The average molecular weight is 417 g/mol. The van der Waals surface area contributed by atoms with Crippen LogP contribution in [-0.2, 0) is 19.1 Å². The number of carbonyl (C=O) groups is 2. The summed E-state index contributed by atoms with van der Waals surface area (Å²) >= 11 is 0. The largest absolute Gasteiger partial charge is 0.393 e. The van der Waals surface area contributed by atoms with Gasteiger partial charge in [0.2, 0.25) is 0 Å². The smallest absolute Gasteiger partial charge is 0.193 e. The summed E-state index contributed by atoms with van der Waals surface area (Å²) in [6.07, 6.45) is 7.04. The topological polar surface area (TPSA) is 93.1 Å². The highest BCUT2D eigenvalue weighted by Gasteiger charge is 2.76. The summed E-state index contributed by atoms with van der Waals surface area (Å²) in [4.78, 5) is 25.1. The van der Waals surface area contributed by atoms with Gasteiger partial charge in [0.05, 0.1) is 12.2 Å². The number of ether oxygens (including phenoxy) is 2. The fourth-order valence-electron chi connectivity index (χ4n) is 8.04. The summed E-state index contributed by atoms with van der Waals surface area (Å²) in [5.41, 5.74) is -1.12. The van der Waals surface area contributed by atoms with Crippen molar-refractivity contribution in [3.05, 3.63) is 23.8 Å². The lowest BCUT2D eigenvalue weighted by Gasteiger charge is -2.59. The van der Waals surface area contributed by atoms with Gasteiger partial charge in [0.25, 0.3) is 0 Å². The first-order valence-corrected chi connectivity index (χ1v) is 11.1. The first kappa shape index (κ1) is 20.6. The Bertz CT molecular complexity index is 873. The molecule has 0 aromatic rings. The zero-order valence-electron chi connectivity index (χ0n) is 18.2. The van der Waals surface area contributed by atoms with Crippen molar-refractivity contribution >= 4 is 11.6 Å². The van der Waals surface area contributed by atoms with Crippen LogP contribution >= 0.6 is 0 Å². The molecule has 5 rings (SSSR count). The molecular formula is C24H32O6. The maximum atomic E-state index is 13.2. The number of fused-ring (bicyclic) bond motifs is 7. The van der Waals surface area contributed by atoms with Crippen molar-refractivity contribution in [3.63, 3.8) is 0 Å². The number of allylic oxidation sites excluding steroid dienone is 4. The number of Topliss-reactive ketones (excluding diaryl/α,β-unsaturated/α-hetero) is 1. The van der Waals surface area contributed by atoms with Gasteiger partial charge in [-0.25, -0.2) is 0 Å². The molecule has 4 aliphatic carbocycles. The van der Waals surface area contributed by atoms with E-state index in [2.05, 4.69) is 6.92 Å². The quantitative estimate of drug-likeness (QED) is 0.718. The number of hydrogen-bond acceptors (Lipinski definition) is 6. The fraction of sp³-hybridized carbons (Fsp3) is 0.750. The molecule has 164 valence electrons. The van der Waals surface area contributed by atoms with Crippen molar-refractivity contribution in [1.82, 2.24) is 0 Å². The maximum Gasteiger partial charge on any atom is 0.193 e. The van der Waals surface area contributed by atoms with Crippen LogP contribution in [-0.4, -0.2) is 52.0 Å². The molecule has 0 radical (unpaired) electrons. The summed E-state index contributed by atoms with van der Waals surface area (Å²) in [5, 5.41) is 21.3. The van der Waals surface area contributed by atoms with Crippen LogP contribution in [0.3, 0.4) is 0 Å². The van der Waals surface area contributed by atoms with E-state index < -0.39 is 35.6 Å². The van der Waals surface area contributed by atoms with Crippen LogP contribution in [0.25, 0.3) is 0 Å². The number of aliphatic hydroxyl groups excluding tert-OH is 2. The molecule has 4 fully saturated rings. The predicted octanol–water partition coefficient (Wildman–Crippen LogP) is 2.33. The van der Waals surface area contributed by atoms with E-state index in [4.69, 9.17) is 9.47 Å². The molecule has 0 spiro atoms. The Kier molecular flexibility index (Phi) is 4.20. The van der Waals surface area contributed by atoms with E-state index in [1.54, 1.807) is 26.0 Å². The molecule has 0 aromatic carbocycles. The molecule has 5 unspecified atom stereocenters. The Labute approximate surface area is 177 Å². The first-order valence-electron chi connectivity index (χ1n) is 11.1. The van der Waals surface area contributed by atoms with Crippen LogP contribution in [0.1, 0.15) is 53.4 Å². The molecule has 3 saturated carbocycles. The van der Waals surface area contributed by atoms with Gasteiger partial charge < -0.3 is 19.7 Å². The summed E-state index contributed by atoms with van der Waals surface area (Å²) in [7, 11) is 0. The Morgan fingerprint density at radius 2 is 2.00 bits per heavy atom. The van der Waals surface area contributed by atoms with E-state index in [1.807, 2.05) is 13.0 Å². The Hall–Kier alpha value is -1.34. The SMILES string of the molecule is CC1(C)OC2CC3C4CCC5=CC(=O)C=C[C@]5(C)C4[C@@H](O)C[C@]3(C)C2(C(=O)CO)O1. The highest BCUT2D eigenvalue weighted by Crippen LogP contribution is 2.70. The number of rotatable bonds is 2. The molecule has 5 aliphatic rings. The third-order valence-electron chi connectivity index (χ3n) is 9.05. The third kappa shape index (κ3) is 2.34. The van der Waals surface area contributed by atoms with Crippen molar-refractivity contribution in [2.24, 2.45) is 28.6 Å². The van der Waals surface area contributed by atoms with Crippen LogP contribution in [0, 0.1) is 28.6 Å². The van der Waals surface area contributed by atoms with Gasteiger partial charge in [0.1, 0.15) is 6.61 Å². The number of ketones is 2. The number of carbonyl (C=O) groups excluding carboxylic acids is 2. The van der Waals surface area contributed by atoms with Gasteiger partial charge in [-0.2, -0.15) is 0 Å². The van der Waals surface area contributed by atoms with E-state index in [1.165, 1.54) is 0 Å². The maximum absolute atomic E-state index is 13.2. The first-order chi connectivity index (χ1) is 14.0. The molecule has 30 heavy (non-hydrogen) atoms. The molecule has 1 heterocycles. The molecule has 0 aromatic heterocycles. The second kappa shape index (κ2) is 6.12. The fourth-order valence-corrected chi connectivity index (χ4v) is 8.04. The molecule has 0 amide bonds. The second-order valence-electron chi connectivity index (χ2n) is 10.9. The van der Waals surface area contributed by atoms with Gasteiger partial charge in [-0.3, -0.25) is 9.59 Å². The number of aliphatic hydroxyl groups is 2. The summed E-state index contributed by atoms with van der Waals surface area (Å²) in [5.74, 6) is -0.947. The van der Waals surface area contributed by atoms with Gasteiger partial charge in [-0.15, -0.1) is 0 Å². The van der Waals surface area contributed by atoms with Gasteiger partial charge in [-0.1, -0.05) is 25.5 Å². The molecule has 2 N–H and O–H groups in total. The molecule has 1 saturated heterocycles. The molecular weight excluding hydrogens is 384 g/mol. The summed E-state index contributed by atoms with van der Waals surface area (Å²) in [6.45, 7) is 7.19. The minimum Gasteiger partial charge on any atom is -0.393 e. The monoisotopic (exact) mass is 416 g/mol. The standard InChI is InChI=1S/C24H32O6/c1-21(2)29-19-10-16-15-6-5-13-9-14(26)7-8-22(13,3)20(15)17(27)11-23(16,4)24(19,30-21)18(28)12-25/h7-9,15-17,19-20,25,27H,5-6,10-12H2,1-4H3/t15?,16?,17-,19?,20?,22-,23-,24?/m0/s1. The van der Waals surface area contributed by atoms with Crippen molar-refractivity contribution < 1.29 is 29.3 Å². The van der Waals surface area contributed by atoms with Gasteiger partial charge in [0.15, 0.2) is 23.0 Å². The summed E-state index contributed by atoms with van der Waals surface area (Å²) < 4.78 is 12.6. The lowest BCUT2D eigenvalue weighted by atomic mass is 9.46. The number of hydrogen-bond donors (Lipinski definition) is 2. The minimum absolute atomic E-state index is 0.0167. The van der Waals surface area contributed by atoms with E-state index in [0.717, 1.165) is 18.4 Å². The van der Waals surface area contributed by atoms with Crippen LogP contribution < -0.4 is 0 Å². The van der Waals surface area contributed by atoms with Gasteiger partial charge >= 0.3 is 0 Å². The van der Waals surface area contributed by atoms with Crippen LogP contribution in [0.5, 0.6) is 0 Å². The Balaban J connectivity index is 1.59. The lowest BCUT2D eigenvalue weighted by molar-refractivity contribution is -0.225. The van der Waals surface area contributed by atoms with E-state index in [0.29, 0.717) is 12.8 Å². The van der Waals surface area contributed by atoms with Crippen molar-refractivity contribution in [3.8, 4) is 0 Å². The molecule has 0 bridgehead atoms. The van der Waals surface area contributed by atoms with E-state index in [-0.39, 0.29) is 34.7 Å². The van der Waals surface area contributed by atoms with Gasteiger partial charge in [0, 0.05) is 16.7 Å².